The van der Waals surface area contributed by atoms with Crippen LogP contribution >= 0.6 is 12.4 Å². The second-order valence-corrected chi connectivity index (χ2v) is 5.95. The number of amides is 1. The van der Waals surface area contributed by atoms with Crippen LogP contribution in [0, 0.1) is 0 Å². The van der Waals surface area contributed by atoms with E-state index in [0.29, 0.717) is 11.3 Å². The van der Waals surface area contributed by atoms with Gasteiger partial charge >= 0.3 is 0 Å². The molecule has 0 saturated carbocycles. The van der Waals surface area contributed by atoms with Crippen molar-refractivity contribution in [3.8, 4) is 11.3 Å². The molecule has 5 nitrogen and oxygen atoms in total. The van der Waals surface area contributed by atoms with Crippen LogP contribution in [0.1, 0.15) is 27.5 Å². The summed E-state index contributed by atoms with van der Waals surface area (Å²) in [5.74, 6) is -0.219. The topological polar surface area (TPSA) is 81.1 Å². The summed E-state index contributed by atoms with van der Waals surface area (Å²) in [7, 11) is 0. The van der Waals surface area contributed by atoms with Crippen molar-refractivity contribution in [1.29, 1.82) is 0 Å². The Morgan fingerprint density at radius 3 is 2.60 bits per heavy atom. The monoisotopic (exact) mass is 355 g/mol. The number of benzene rings is 2. The van der Waals surface area contributed by atoms with Gasteiger partial charge in [-0.2, -0.15) is 0 Å². The molecule has 0 radical (unpaired) electrons. The molecule has 1 amide bonds. The minimum atomic E-state index is -0.219. The van der Waals surface area contributed by atoms with Gasteiger partial charge in [-0.15, -0.1) is 12.4 Å². The fourth-order valence-corrected chi connectivity index (χ4v) is 3.21. The van der Waals surface area contributed by atoms with Gasteiger partial charge in [-0.3, -0.25) is 4.79 Å². The van der Waals surface area contributed by atoms with E-state index in [1.54, 1.807) is 0 Å². The summed E-state index contributed by atoms with van der Waals surface area (Å²) < 4.78 is 5.03. The van der Waals surface area contributed by atoms with Crippen molar-refractivity contribution in [3.63, 3.8) is 0 Å². The van der Waals surface area contributed by atoms with Gasteiger partial charge in [0.2, 0.25) is 0 Å². The summed E-state index contributed by atoms with van der Waals surface area (Å²) in [4.78, 5) is 12.7. The lowest BCUT2D eigenvalue weighted by Gasteiger charge is -2.17. The number of carbonyl (C=O) groups excluding carboxylic acids is 1. The van der Waals surface area contributed by atoms with Crippen LogP contribution in [-0.2, 0) is 6.42 Å². The number of halogens is 1. The van der Waals surface area contributed by atoms with E-state index in [9.17, 15) is 4.79 Å². The van der Waals surface area contributed by atoms with Gasteiger partial charge in [0.1, 0.15) is 17.5 Å². The minimum Gasteiger partial charge on any atom is -0.363 e. The van der Waals surface area contributed by atoms with Crippen LogP contribution < -0.4 is 11.1 Å². The Morgan fingerprint density at radius 1 is 1.12 bits per heavy atom. The highest BCUT2D eigenvalue weighted by molar-refractivity contribution is 5.99. The largest absolute Gasteiger partial charge is 0.363 e. The van der Waals surface area contributed by atoms with Crippen LogP contribution in [-0.4, -0.2) is 17.1 Å². The van der Waals surface area contributed by atoms with Crippen molar-refractivity contribution in [1.82, 2.24) is 10.5 Å². The first-order valence-electron chi connectivity index (χ1n) is 7.88. The summed E-state index contributed by atoms with van der Waals surface area (Å²) in [5.41, 5.74) is 10.4. The van der Waals surface area contributed by atoms with Gasteiger partial charge in [0.05, 0.1) is 12.1 Å². The molecule has 25 heavy (non-hydrogen) atoms. The van der Waals surface area contributed by atoms with Crippen LogP contribution in [0.3, 0.4) is 0 Å². The third-order valence-corrected chi connectivity index (χ3v) is 4.47. The Balaban J connectivity index is 0.00000182. The van der Waals surface area contributed by atoms with Crippen LogP contribution in [0.2, 0.25) is 0 Å². The second-order valence-electron chi connectivity index (χ2n) is 5.95. The Bertz CT molecular complexity index is 879. The van der Waals surface area contributed by atoms with E-state index in [0.717, 1.165) is 17.5 Å². The number of aromatic nitrogens is 1. The zero-order chi connectivity index (χ0) is 16.5. The molecule has 0 aliphatic heterocycles. The second kappa shape index (κ2) is 7.09. The number of nitrogens with zero attached hydrogens (tertiary/aromatic N) is 1. The number of carbonyl (C=O) groups is 1. The molecule has 2 atom stereocenters. The molecule has 1 aliphatic rings. The van der Waals surface area contributed by atoms with Gasteiger partial charge in [-0.1, -0.05) is 59.8 Å². The van der Waals surface area contributed by atoms with Gasteiger partial charge in [0.25, 0.3) is 5.91 Å². The standard InChI is InChI=1S/C19H17N3O2.ClH/c20-17-14-9-5-4-8-13(14)10-16(17)21-19(23)15-11-24-22-18(15)12-6-2-1-3-7-12;/h1-9,11,16-17H,10,20H2,(H,21,23);1H/t16-,17-;/m1./s1. The Labute approximate surface area is 151 Å². The average molecular weight is 356 g/mol. The SMILES string of the molecule is Cl.N[C@@H]1c2ccccc2C[C@H]1NC(=O)c1conc1-c1ccccc1. The molecule has 0 bridgehead atoms. The number of hydrogen-bond donors (Lipinski definition) is 2. The van der Waals surface area contributed by atoms with E-state index in [1.807, 2.05) is 48.5 Å². The molecule has 1 aliphatic carbocycles. The molecule has 128 valence electrons. The lowest BCUT2D eigenvalue weighted by Crippen LogP contribution is -2.40. The number of rotatable bonds is 3. The van der Waals surface area contributed by atoms with E-state index in [-0.39, 0.29) is 30.4 Å². The van der Waals surface area contributed by atoms with E-state index >= 15 is 0 Å². The van der Waals surface area contributed by atoms with Gasteiger partial charge in [0.15, 0.2) is 0 Å². The lowest BCUT2D eigenvalue weighted by molar-refractivity contribution is 0.0933. The summed E-state index contributed by atoms with van der Waals surface area (Å²) in [6, 6.07) is 17.2. The highest BCUT2D eigenvalue weighted by Gasteiger charge is 2.31. The summed E-state index contributed by atoms with van der Waals surface area (Å²) in [6.45, 7) is 0. The van der Waals surface area contributed by atoms with Crippen LogP contribution in [0.4, 0.5) is 0 Å². The highest BCUT2D eigenvalue weighted by atomic mass is 35.5. The smallest absolute Gasteiger partial charge is 0.257 e. The Hall–Kier alpha value is -2.63. The van der Waals surface area contributed by atoms with Crippen LogP contribution in [0.15, 0.2) is 65.4 Å². The van der Waals surface area contributed by atoms with Crippen LogP contribution in [0.5, 0.6) is 0 Å². The minimum absolute atomic E-state index is 0. The molecule has 2 aromatic carbocycles. The summed E-state index contributed by atoms with van der Waals surface area (Å²) >= 11 is 0. The van der Waals surface area contributed by atoms with E-state index in [1.165, 1.54) is 11.8 Å². The Morgan fingerprint density at radius 2 is 1.84 bits per heavy atom. The predicted octanol–water partition coefficient (Wildman–Crippen LogP) is 3.12. The molecule has 1 heterocycles. The fraction of sp³-hybridized carbons (Fsp3) is 0.158. The van der Waals surface area contributed by atoms with Crippen molar-refractivity contribution in [3.05, 3.63) is 77.6 Å². The highest BCUT2D eigenvalue weighted by Crippen LogP contribution is 2.30. The molecule has 0 spiro atoms. The maximum Gasteiger partial charge on any atom is 0.257 e. The first-order valence-corrected chi connectivity index (χ1v) is 7.88. The zero-order valence-electron chi connectivity index (χ0n) is 13.4. The van der Waals surface area contributed by atoms with Crippen molar-refractivity contribution >= 4 is 18.3 Å². The molecule has 6 heteroatoms. The van der Waals surface area contributed by atoms with Crippen molar-refractivity contribution in [2.24, 2.45) is 5.73 Å². The average Bonchev–Trinajstić information content (AvgIpc) is 3.22. The maximum atomic E-state index is 12.7. The lowest BCUT2D eigenvalue weighted by atomic mass is 10.1. The van der Waals surface area contributed by atoms with E-state index < -0.39 is 0 Å². The zero-order valence-corrected chi connectivity index (χ0v) is 14.2. The molecule has 4 rings (SSSR count). The van der Waals surface area contributed by atoms with Crippen molar-refractivity contribution in [2.45, 2.75) is 18.5 Å². The fourth-order valence-electron chi connectivity index (χ4n) is 3.21. The first kappa shape index (κ1) is 17.2. The van der Waals surface area contributed by atoms with Crippen LogP contribution in [0.25, 0.3) is 11.3 Å². The number of nitrogens with one attached hydrogen (secondary N) is 1. The molecule has 0 saturated heterocycles. The molecule has 0 unspecified atom stereocenters. The van der Waals surface area contributed by atoms with Crippen molar-refractivity contribution in [2.75, 3.05) is 0 Å². The number of nitrogens with two attached hydrogens (primary N) is 1. The summed E-state index contributed by atoms with van der Waals surface area (Å²) in [5, 5.41) is 7.00. The maximum absolute atomic E-state index is 12.7. The van der Waals surface area contributed by atoms with Gasteiger partial charge in [-0.25, -0.2) is 0 Å². The number of fused-ring (bicyclic) bond motifs is 1. The summed E-state index contributed by atoms with van der Waals surface area (Å²) in [6.07, 6.45) is 2.11. The molecule has 3 N–H and O–H groups in total. The van der Waals surface area contributed by atoms with Crippen molar-refractivity contribution < 1.29 is 9.32 Å². The third-order valence-electron chi connectivity index (χ3n) is 4.47. The molecule has 0 fully saturated rings. The normalized spacial score (nSPS) is 18.3. The van der Waals surface area contributed by atoms with Gasteiger partial charge in [-0.05, 0) is 17.5 Å². The van der Waals surface area contributed by atoms with E-state index in [4.69, 9.17) is 10.3 Å². The quantitative estimate of drug-likeness (QED) is 0.756. The predicted molar refractivity (Wildman–Crippen MR) is 97.5 cm³/mol. The Kier molecular flexibility index (Phi) is 4.88. The third kappa shape index (κ3) is 3.16. The molecule has 1 aromatic heterocycles. The van der Waals surface area contributed by atoms with E-state index in [2.05, 4.69) is 16.5 Å². The van der Waals surface area contributed by atoms with Gasteiger partial charge in [0, 0.05) is 5.56 Å². The van der Waals surface area contributed by atoms with Gasteiger partial charge < -0.3 is 15.6 Å². The molecule has 3 aromatic rings. The molecular formula is C19H18ClN3O2. The first-order chi connectivity index (χ1) is 11.7. The number of hydrogen-bond acceptors (Lipinski definition) is 4. The molecular weight excluding hydrogens is 338 g/mol.